The molecule has 0 bridgehead atoms. The number of aliphatic hydroxyl groups excluding tert-OH is 2. The minimum atomic E-state index is 0.0141. The van der Waals surface area contributed by atoms with Gasteiger partial charge in [0.25, 0.3) is 0 Å². The molecule has 0 saturated heterocycles. The first-order chi connectivity index (χ1) is 7.25. The van der Waals surface area contributed by atoms with E-state index in [9.17, 15) is 0 Å². The second kappa shape index (κ2) is 9.93. The molecule has 0 aromatic rings. The number of hydrogen-bond donors (Lipinski definition) is 3. The van der Waals surface area contributed by atoms with E-state index in [2.05, 4.69) is 38.9 Å². The highest BCUT2D eigenvalue weighted by Gasteiger charge is 1.76. The molecular weight excluding hydrogens is 220 g/mol. The van der Waals surface area contributed by atoms with E-state index in [1.807, 2.05) is 6.92 Å². The second-order valence-electron chi connectivity index (χ2n) is 2.99. The van der Waals surface area contributed by atoms with E-state index in [-0.39, 0.29) is 11.5 Å². The summed E-state index contributed by atoms with van der Waals surface area (Å²) in [5.74, 6) is 0.0770. The number of hydrogen-bond acceptors (Lipinski definition) is 3. The number of rotatable bonds is 4. The molecule has 0 heterocycles. The maximum Gasteiger partial charge on any atom is 0.108 e. The van der Waals surface area contributed by atoms with Crippen LogP contribution in [0.25, 0.3) is 0 Å². The average Bonchev–Trinajstić information content (AvgIpc) is 2.12. The third-order valence-corrected chi connectivity index (χ3v) is 1.18. The molecule has 0 aliphatic rings. The lowest BCUT2D eigenvalue weighted by Crippen LogP contribution is -1.67. The van der Waals surface area contributed by atoms with E-state index >= 15 is 0 Å². The predicted molar refractivity (Wildman–Crippen MR) is 74.8 cm³/mol. The van der Waals surface area contributed by atoms with Crippen molar-refractivity contribution in [2.75, 3.05) is 0 Å². The van der Waals surface area contributed by atoms with Gasteiger partial charge in [-0.2, -0.15) is 0 Å². The fourth-order valence-electron chi connectivity index (χ4n) is 0.431. The molecule has 0 spiro atoms. The lowest BCUT2D eigenvalue weighted by atomic mass is 10.3. The molecule has 0 aliphatic carbocycles. The highest BCUT2D eigenvalue weighted by molar-refractivity contribution is 7.84. The zero-order chi connectivity index (χ0) is 13.1. The molecule has 2 N–H and O–H groups in total. The van der Waals surface area contributed by atoms with Crippen molar-refractivity contribution in [3.05, 3.63) is 72.6 Å². The quantitative estimate of drug-likeness (QED) is 0.389. The van der Waals surface area contributed by atoms with Crippen LogP contribution in [0, 0.1) is 0 Å². The molecule has 0 rings (SSSR count). The van der Waals surface area contributed by atoms with Crippen LogP contribution in [0.2, 0.25) is 0 Å². The van der Waals surface area contributed by atoms with Crippen molar-refractivity contribution in [1.82, 2.24) is 0 Å². The van der Waals surface area contributed by atoms with Gasteiger partial charge in [-0.25, -0.2) is 0 Å². The van der Waals surface area contributed by atoms with Gasteiger partial charge in [0.15, 0.2) is 0 Å². The van der Waals surface area contributed by atoms with Gasteiger partial charge in [0, 0.05) is 0 Å². The van der Waals surface area contributed by atoms with E-state index in [1.54, 1.807) is 12.2 Å². The summed E-state index contributed by atoms with van der Waals surface area (Å²) in [6.07, 6.45) is 6.19. The van der Waals surface area contributed by atoms with E-state index in [0.717, 1.165) is 5.57 Å². The fourth-order valence-corrected chi connectivity index (χ4v) is 0.505. The molecule has 3 heteroatoms. The van der Waals surface area contributed by atoms with Gasteiger partial charge >= 0.3 is 0 Å². The van der Waals surface area contributed by atoms with Crippen LogP contribution in [0.4, 0.5) is 0 Å². The third kappa shape index (κ3) is 22.8. The Labute approximate surface area is 103 Å². The summed E-state index contributed by atoms with van der Waals surface area (Å²) >= 11 is 3.84. The van der Waals surface area contributed by atoms with Crippen molar-refractivity contribution in [2.24, 2.45) is 0 Å². The summed E-state index contributed by atoms with van der Waals surface area (Å²) in [6, 6.07) is 0. The molecule has 0 aliphatic heterocycles. The summed E-state index contributed by atoms with van der Waals surface area (Å²) in [5, 5.41) is 16.9. The Kier molecular flexibility index (Phi) is 10.4. The Morgan fingerprint density at radius 3 is 1.38 bits per heavy atom. The number of allylic oxidation sites excluding steroid dienone is 5. The minimum absolute atomic E-state index is 0.0141. The predicted octanol–water partition coefficient (Wildman–Crippen LogP) is 4.25. The topological polar surface area (TPSA) is 40.5 Å². The monoisotopic (exact) mass is 238 g/mol. The molecule has 0 aromatic carbocycles. The van der Waals surface area contributed by atoms with Crippen LogP contribution in [0.5, 0.6) is 0 Å². The van der Waals surface area contributed by atoms with Crippen LogP contribution in [-0.2, 0) is 0 Å². The SMILES string of the molecule is C=C(C)/C=C\C(=C)O.C=C(O)/C=C\C(=C)S. The van der Waals surface area contributed by atoms with Crippen LogP contribution in [0.3, 0.4) is 0 Å². The molecule has 0 unspecified atom stereocenters. The fraction of sp³-hybridized carbons (Fsp3) is 0.0769. The average molecular weight is 238 g/mol. The maximum absolute atomic E-state index is 8.48. The molecule has 0 saturated carbocycles. The normalized spacial score (nSPS) is 9.62. The van der Waals surface area contributed by atoms with Crippen molar-refractivity contribution < 1.29 is 10.2 Å². The Bertz CT molecular complexity index is 270. The van der Waals surface area contributed by atoms with Gasteiger partial charge in [0.1, 0.15) is 11.5 Å². The first-order valence-electron chi connectivity index (χ1n) is 4.41. The molecule has 0 radical (unpaired) electrons. The summed E-state index contributed by atoms with van der Waals surface area (Å²) < 4.78 is 0. The molecule has 2 nitrogen and oxygen atoms in total. The van der Waals surface area contributed by atoms with Crippen molar-refractivity contribution in [2.45, 2.75) is 6.92 Å². The second-order valence-corrected chi connectivity index (χ2v) is 3.56. The molecule has 0 fully saturated rings. The smallest absolute Gasteiger partial charge is 0.108 e. The lowest BCUT2D eigenvalue weighted by molar-refractivity contribution is 0.435. The molecule has 88 valence electrons. The van der Waals surface area contributed by atoms with E-state index < -0.39 is 0 Å². The zero-order valence-electron chi connectivity index (χ0n) is 9.48. The first-order valence-corrected chi connectivity index (χ1v) is 4.85. The van der Waals surface area contributed by atoms with E-state index in [4.69, 9.17) is 10.2 Å². The summed E-state index contributed by atoms with van der Waals surface area (Å²) in [7, 11) is 0. The molecule has 0 amide bonds. The number of aliphatic hydroxyl groups is 2. The molecular formula is C13H18O2S. The van der Waals surface area contributed by atoms with Gasteiger partial charge in [-0.1, -0.05) is 38.0 Å². The van der Waals surface area contributed by atoms with E-state index in [0.29, 0.717) is 4.91 Å². The van der Waals surface area contributed by atoms with Crippen molar-refractivity contribution in [1.29, 1.82) is 0 Å². The largest absolute Gasteiger partial charge is 0.509 e. The highest BCUT2D eigenvalue weighted by Crippen LogP contribution is 1.98. The Morgan fingerprint density at radius 1 is 0.875 bits per heavy atom. The molecule has 0 atom stereocenters. The van der Waals surface area contributed by atoms with Gasteiger partial charge in [0.05, 0.1) is 0 Å². The van der Waals surface area contributed by atoms with Crippen LogP contribution >= 0.6 is 12.6 Å². The van der Waals surface area contributed by atoms with Gasteiger partial charge in [-0.15, -0.1) is 12.6 Å². The van der Waals surface area contributed by atoms with Crippen LogP contribution < -0.4 is 0 Å². The molecule has 16 heavy (non-hydrogen) atoms. The highest BCUT2D eigenvalue weighted by atomic mass is 32.1. The van der Waals surface area contributed by atoms with Crippen LogP contribution in [0.15, 0.2) is 72.6 Å². The van der Waals surface area contributed by atoms with Crippen molar-refractivity contribution >= 4 is 12.6 Å². The lowest BCUT2D eigenvalue weighted by Gasteiger charge is -1.83. The van der Waals surface area contributed by atoms with Gasteiger partial charge in [0.2, 0.25) is 0 Å². The van der Waals surface area contributed by atoms with Crippen molar-refractivity contribution in [3.63, 3.8) is 0 Å². The number of thiol groups is 1. The first kappa shape index (κ1) is 16.8. The van der Waals surface area contributed by atoms with Gasteiger partial charge in [-0.05, 0) is 30.1 Å². The summed E-state index contributed by atoms with van der Waals surface area (Å²) in [5.41, 5.74) is 0.903. The maximum atomic E-state index is 8.48. The minimum Gasteiger partial charge on any atom is -0.509 e. The van der Waals surface area contributed by atoms with Crippen LogP contribution in [0.1, 0.15) is 6.92 Å². The Hall–Kier alpha value is -1.61. The summed E-state index contributed by atoms with van der Waals surface area (Å²) in [6.45, 7) is 15.4. The standard InChI is InChI=1S/C7H10O.C6H8OS/c1-6(2)4-5-7(3)8;1-5(7)3-4-6(2)8/h4-5,8H,1,3H2,2H3;3-4,7-8H,1-2H2/b5-4-;4-3-. The third-order valence-electron chi connectivity index (χ3n) is 1.03. The van der Waals surface area contributed by atoms with Crippen LogP contribution in [-0.4, -0.2) is 10.2 Å². The van der Waals surface area contributed by atoms with Crippen molar-refractivity contribution in [3.8, 4) is 0 Å². The Morgan fingerprint density at radius 2 is 1.25 bits per heavy atom. The summed E-state index contributed by atoms with van der Waals surface area (Å²) in [4.78, 5) is 0.597. The van der Waals surface area contributed by atoms with Gasteiger partial charge in [-0.3, -0.25) is 0 Å². The molecule has 0 aromatic heterocycles. The van der Waals surface area contributed by atoms with E-state index in [1.165, 1.54) is 12.2 Å². The zero-order valence-corrected chi connectivity index (χ0v) is 10.4. The Balaban J connectivity index is 0. The van der Waals surface area contributed by atoms with Gasteiger partial charge < -0.3 is 10.2 Å².